The molecule has 0 aromatic carbocycles. The summed E-state index contributed by atoms with van der Waals surface area (Å²) >= 11 is 3.35. The minimum Gasteiger partial charge on any atom is -0.334 e. The fourth-order valence-corrected chi connectivity index (χ4v) is 2.71. The number of rotatable bonds is 3. The van der Waals surface area contributed by atoms with Crippen LogP contribution in [0.5, 0.6) is 0 Å². The molecule has 0 aliphatic heterocycles. The van der Waals surface area contributed by atoms with Crippen molar-refractivity contribution < 1.29 is 4.79 Å². The molecule has 0 aliphatic carbocycles. The molecule has 0 bridgehead atoms. The van der Waals surface area contributed by atoms with Crippen LogP contribution in [0.4, 0.5) is 0 Å². The summed E-state index contributed by atoms with van der Waals surface area (Å²) in [6, 6.07) is 5.81. The molecule has 3 aromatic rings. The van der Waals surface area contributed by atoms with Crippen molar-refractivity contribution in [2.24, 2.45) is 7.05 Å². The van der Waals surface area contributed by atoms with Gasteiger partial charge in [-0.1, -0.05) is 6.07 Å². The number of pyridine rings is 1. The van der Waals surface area contributed by atoms with Gasteiger partial charge >= 0.3 is 0 Å². The summed E-state index contributed by atoms with van der Waals surface area (Å²) < 4.78 is 4.23. The second-order valence-electron chi connectivity index (χ2n) is 4.86. The molecule has 0 atom stereocenters. The van der Waals surface area contributed by atoms with Crippen LogP contribution in [0.1, 0.15) is 16.2 Å². The first-order valence-electron chi connectivity index (χ1n) is 6.42. The van der Waals surface area contributed by atoms with Crippen molar-refractivity contribution in [2.75, 3.05) is 7.05 Å². The highest BCUT2D eigenvalue weighted by Gasteiger charge is 2.19. The molecular formula is C14H14BrN5O. The van der Waals surface area contributed by atoms with Gasteiger partial charge in [-0.3, -0.25) is 9.48 Å². The zero-order valence-electron chi connectivity index (χ0n) is 11.7. The third-order valence-electron chi connectivity index (χ3n) is 3.15. The van der Waals surface area contributed by atoms with Gasteiger partial charge < -0.3 is 9.30 Å². The molecule has 0 saturated carbocycles. The monoisotopic (exact) mass is 347 g/mol. The molecule has 21 heavy (non-hydrogen) atoms. The Morgan fingerprint density at radius 3 is 2.86 bits per heavy atom. The Morgan fingerprint density at radius 2 is 2.19 bits per heavy atom. The number of nitrogens with zero attached hydrogens (tertiary/aromatic N) is 5. The first kappa shape index (κ1) is 13.8. The standard InChI is InChI=1S/C14H14BrN5O/c1-18(14(21)13-11(15)9-19(2)17-13)7-10-8-20-6-4-3-5-12(20)16-10/h3-6,8-9H,7H2,1-2H3. The maximum absolute atomic E-state index is 12.4. The van der Waals surface area contributed by atoms with Crippen LogP contribution in [0.3, 0.4) is 0 Å². The zero-order chi connectivity index (χ0) is 15.0. The van der Waals surface area contributed by atoms with Gasteiger partial charge in [0, 0.05) is 32.7 Å². The summed E-state index contributed by atoms with van der Waals surface area (Å²) in [5.41, 5.74) is 2.11. The van der Waals surface area contributed by atoms with Crippen LogP contribution < -0.4 is 0 Å². The predicted octanol–water partition coefficient (Wildman–Crippen LogP) is 2.10. The quantitative estimate of drug-likeness (QED) is 0.729. The first-order valence-corrected chi connectivity index (χ1v) is 7.21. The average Bonchev–Trinajstić information content (AvgIpc) is 3.00. The van der Waals surface area contributed by atoms with E-state index in [1.165, 1.54) is 0 Å². The Hall–Kier alpha value is -2.15. The Labute approximate surface area is 130 Å². The molecule has 3 heterocycles. The number of amides is 1. The van der Waals surface area contributed by atoms with Crippen LogP contribution >= 0.6 is 15.9 Å². The number of aromatic nitrogens is 4. The lowest BCUT2D eigenvalue weighted by molar-refractivity contribution is 0.0776. The summed E-state index contributed by atoms with van der Waals surface area (Å²) in [6.45, 7) is 0.434. The summed E-state index contributed by atoms with van der Waals surface area (Å²) in [7, 11) is 3.52. The van der Waals surface area contributed by atoms with Gasteiger partial charge in [-0.2, -0.15) is 5.10 Å². The molecule has 108 valence electrons. The fourth-order valence-electron chi connectivity index (χ4n) is 2.16. The number of imidazole rings is 1. The van der Waals surface area contributed by atoms with Gasteiger partial charge in [-0.25, -0.2) is 4.98 Å². The highest BCUT2D eigenvalue weighted by atomic mass is 79.9. The van der Waals surface area contributed by atoms with E-state index >= 15 is 0 Å². The molecule has 0 saturated heterocycles. The second-order valence-corrected chi connectivity index (χ2v) is 5.71. The van der Waals surface area contributed by atoms with Crippen molar-refractivity contribution in [2.45, 2.75) is 6.54 Å². The third-order valence-corrected chi connectivity index (χ3v) is 3.73. The van der Waals surface area contributed by atoms with Crippen molar-refractivity contribution in [3.05, 3.63) is 52.7 Å². The molecule has 0 aliphatic rings. The lowest BCUT2D eigenvalue weighted by atomic mass is 10.3. The molecule has 0 unspecified atom stereocenters. The van der Waals surface area contributed by atoms with Crippen molar-refractivity contribution in [1.29, 1.82) is 0 Å². The molecule has 0 N–H and O–H groups in total. The van der Waals surface area contributed by atoms with Gasteiger partial charge in [-0.15, -0.1) is 0 Å². The molecule has 0 spiro atoms. The molecule has 7 heteroatoms. The molecule has 0 radical (unpaired) electrons. The first-order chi connectivity index (χ1) is 10.0. The van der Waals surface area contributed by atoms with Crippen LogP contribution in [0, 0.1) is 0 Å². The summed E-state index contributed by atoms with van der Waals surface area (Å²) in [5.74, 6) is -0.139. The minimum absolute atomic E-state index is 0.139. The van der Waals surface area contributed by atoms with Crippen molar-refractivity contribution >= 4 is 27.5 Å². The summed E-state index contributed by atoms with van der Waals surface area (Å²) in [5, 5.41) is 4.17. The topological polar surface area (TPSA) is 55.4 Å². The van der Waals surface area contributed by atoms with E-state index in [-0.39, 0.29) is 5.91 Å². The fraction of sp³-hybridized carbons (Fsp3) is 0.214. The summed E-state index contributed by atoms with van der Waals surface area (Å²) in [4.78, 5) is 18.5. The van der Waals surface area contributed by atoms with Crippen LogP contribution in [-0.4, -0.2) is 37.0 Å². The molecular weight excluding hydrogens is 334 g/mol. The average molecular weight is 348 g/mol. The lowest BCUT2D eigenvalue weighted by Crippen LogP contribution is -2.27. The highest BCUT2D eigenvalue weighted by Crippen LogP contribution is 2.17. The normalized spacial score (nSPS) is 11.0. The van der Waals surface area contributed by atoms with E-state index in [9.17, 15) is 4.79 Å². The molecule has 6 nitrogen and oxygen atoms in total. The van der Waals surface area contributed by atoms with E-state index in [4.69, 9.17) is 0 Å². The van der Waals surface area contributed by atoms with Gasteiger partial charge in [-0.05, 0) is 28.1 Å². The van der Waals surface area contributed by atoms with Gasteiger partial charge in [0.05, 0.1) is 16.7 Å². The van der Waals surface area contributed by atoms with E-state index in [1.54, 1.807) is 29.9 Å². The smallest absolute Gasteiger partial charge is 0.275 e. The van der Waals surface area contributed by atoms with E-state index in [1.807, 2.05) is 35.0 Å². The Balaban J connectivity index is 1.80. The molecule has 1 amide bonds. The maximum Gasteiger partial charge on any atom is 0.275 e. The van der Waals surface area contributed by atoms with E-state index in [0.29, 0.717) is 16.7 Å². The zero-order valence-corrected chi connectivity index (χ0v) is 13.3. The van der Waals surface area contributed by atoms with Gasteiger partial charge in [0.1, 0.15) is 5.65 Å². The lowest BCUT2D eigenvalue weighted by Gasteiger charge is -2.14. The molecule has 3 rings (SSSR count). The molecule has 0 fully saturated rings. The number of hydrogen-bond acceptors (Lipinski definition) is 3. The van der Waals surface area contributed by atoms with Crippen LogP contribution in [0.2, 0.25) is 0 Å². The van der Waals surface area contributed by atoms with E-state index in [0.717, 1.165) is 11.3 Å². The van der Waals surface area contributed by atoms with Crippen molar-refractivity contribution in [1.82, 2.24) is 24.1 Å². The predicted molar refractivity (Wildman–Crippen MR) is 81.9 cm³/mol. The third kappa shape index (κ3) is 2.69. The SMILES string of the molecule is CN(Cc1cn2ccccc2n1)C(=O)c1nn(C)cc1Br. The maximum atomic E-state index is 12.4. The highest BCUT2D eigenvalue weighted by molar-refractivity contribution is 9.10. The number of aryl methyl sites for hydroxylation is 1. The Kier molecular flexibility index (Phi) is 3.50. The largest absolute Gasteiger partial charge is 0.334 e. The van der Waals surface area contributed by atoms with Gasteiger partial charge in [0.15, 0.2) is 5.69 Å². The molecule has 3 aromatic heterocycles. The Morgan fingerprint density at radius 1 is 1.38 bits per heavy atom. The number of fused-ring (bicyclic) bond motifs is 1. The van der Waals surface area contributed by atoms with E-state index in [2.05, 4.69) is 26.0 Å². The summed E-state index contributed by atoms with van der Waals surface area (Å²) in [6.07, 6.45) is 5.61. The van der Waals surface area contributed by atoms with Gasteiger partial charge in [0.25, 0.3) is 5.91 Å². The van der Waals surface area contributed by atoms with Crippen molar-refractivity contribution in [3.63, 3.8) is 0 Å². The number of carbonyl (C=O) groups excluding carboxylic acids is 1. The Bertz CT molecular complexity index is 774. The van der Waals surface area contributed by atoms with Gasteiger partial charge in [0.2, 0.25) is 0 Å². The van der Waals surface area contributed by atoms with Crippen LogP contribution in [0.15, 0.2) is 41.3 Å². The van der Waals surface area contributed by atoms with Crippen molar-refractivity contribution in [3.8, 4) is 0 Å². The number of carbonyl (C=O) groups is 1. The number of halogens is 1. The number of hydrogen-bond donors (Lipinski definition) is 0. The van der Waals surface area contributed by atoms with Crippen LogP contribution in [-0.2, 0) is 13.6 Å². The minimum atomic E-state index is -0.139. The van der Waals surface area contributed by atoms with E-state index < -0.39 is 0 Å². The second kappa shape index (κ2) is 5.33. The van der Waals surface area contributed by atoms with Crippen LogP contribution in [0.25, 0.3) is 5.65 Å².